The van der Waals surface area contributed by atoms with Crippen LogP contribution in [0.5, 0.6) is 0 Å². The molecule has 0 N–H and O–H groups in total. The second-order valence-electron chi connectivity index (χ2n) is 8.36. The molecule has 27 heavy (non-hydrogen) atoms. The van der Waals surface area contributed by atoms with Crippen molar-refractivity contribution in [1.29, 1.82) is 0 Å². The summed E-state index contributed by atoms with van der Waals surface area (Å²) in [7, 11) is 0. The van der Waals surface area contributed by atoms with E-state index in [1.807, 2.05) is 0 Å². The van der Waals surface area contributed by atoms with Gasteiger partial charge in [-0.3, -0.25) is 0 Å². The Morgan fingerprint density at radius 3 is 1.30 bits per heavy atom. The van der Waals surface area contributed by atoms with E-state index in [1.54, 1.807) is 0 Å². The molecule has 0 fully saturated rings. The van der Waals surface area contributed by atoms with Crippen LogP contribution >= 0.6 is 0 Å². The van der Waals surface area contributed by atoms with Crippen molar-refractivity contribution >= 4 is 64.6 Å². The molecule has 0 saturated carbocycles. The summed E-state index contributed by atoms with van der Waals surface area (Å²) in [5, 5.41) is 16.9. The second-order valence-corrected chi connectivity index (χ2v) is 8.36. The first-order chi connectivity index (χ1) is 13.2. The van der Waals surface area contributed by atoms with Gasteiger partial charge < -0.3 is 0 Å². The molecule has 0 aliphatic heterocycles. The normalized spacial score (nSPS) is 13.1. The van der Waals surface area contributed by atoms with E-state index in [9.17, 15) is 0 Å². The monoisotopic (exact) mass is 342 g/mol. The van der Waals surface area contributed by atoms with Crippen LogP contribution in [0.2, 0.25) is 0 Å². The van der Waals surface area contributed by atoms with Gasteiger partial charge in [-0.15, -0.1) is 0 Å². The standard InChI is InChI=1S/C27H18/c1-14(2)21-13-19-10-9-17-6-4-15-3-5-16-7-8-18-11-12-20(21)27-25(18)23(16)22(15)24(17)26(19)27/h3-14H,1-2H3. The largest absolute Gasteiger partial charge is 0.0587 e. The first-order valence-corrected chi connectivity index (χ1v) is 9.82. The van der Waals surface area contributed by atoms with Crippen molar-refractivity contribution in [2.75, 3.05) is 0 Å². The maximum Gasteiger partial charge on any atom is -0.00110 e. The van der Waals surface area contributed by atoms with E-state index < -0.39 is 0 Å². The lowest BCUT2D eigenvalue weighted by Gasteiger charge is -2.22. The van der Waals surface area contributed by atoms with Crippen LogP contribution in [0.4, 0.5) is 0 Å². The average molecular weight is 342 g/mol. The van der Waals surface area contributed by atoms with Crippen LogP contribution in [0.15, 0.2) is 66.7 Å². The third kappa shape index (κ3) is 1.49. The van der Waals surface area contributed by atoms with Gasteiger partial charge in [-0.1, -0.05) is 80.6 Å². The predicted molar refractivity (Wildman–Crippen MR) is 119 cm³/mol. The number of benzene rings is 7. The van der Waals surface area contributed by atoms with Gasteiger partial charge in [0.2, 0.25) is 0 Å². The van der Waals surface area contributed by atoms with Gasteiger partial charge >= 0.3 is 0 Å². The number of hydrogen-bond donors (Lipinski definition) is 0. The summed E-state index contributed by atoms with van der Waals surface area (Å²) in [4.78, 5) is 0. The van der Waals surface area contributed by atoms with Crippen molar-refractivity contribution in [2.45, 2.75) is 19.8 Å². The van der Waals surface area contributed by atoms with Gasteiger partial charge in [-0.05, 0) is 76.1 Å². The van der Waals surface area contributed by atoms with Gasteiger partial charge in [0.15, 0.2) is 0 Å². The minimum absolute atomic E-state index is 0.509. The van der Waals surface area contributed by atoms with E-state index in [1.165, 1.54) is 70.2 Å². The molecule has 0 radical (unpaired) electrons. The third-order valence-corrected chi connectivity index (χ3v) is 6.66. The Kier molecular flexibility index (Phi) is 2.28. The maximum atomic E-state index is 2.43. The molecule has 126 valence electrons. The molecule has 0 bridgehead atoms. The molecule has 0 aromatic heterocycles. The van der Waals surface area contributed by atoms with Gasteiger partial charge in [0.05, 0.1) is 0 Å². The van der Waals surface area contributed by atoms with Crippen LogP contribution in [0, 0.1) is 0 Å². The van der Waals surface area contributed by atoms with Crippen molar-refractivity contribution in [3.05, 3.63) is 72.3 Å². The third-order valence-electron chi connectivity index (χ3n) is 6.66. The van der Waals surface area contributed by atoms with Crippen molar-refractivity contribution in [1.82, 2.24) is 0 Å². The Bertz CT molecular complexity index is 1570. The molecule has 7 aromatic rings. The topological polar surface area (TPSA) is 0 Å². The Morgan fingerprint density at radius 2 is 0.815 bits per heavy atom. The smallest absolute Gasteiger partial charge is 0.00110 e. The Balaban J connectivity index is 2.01. The summed E-state index contributed by atoms with van der Waals surface area (Å²) in [6.07, 6.45) is 0. The van der Waals surface area contributed by atoms with E-state index in [2.05, 4.69) is 80.6 Å². The van der Waals surface area contributed by atoms with Crippen molar-refractivity contribution < 1.29 is 0 Å². The minimum atomic E-state index is 0.509. The second kappa shape index (κ2) is 4.40. The fourth-order valence-electron chi connectivity index (χ4n) is 5.49. The molecule has 7 rings (SSSR count). The predicted octanol–water partition coefficient (Wildman–Crippen LogP) is 8.04. The summed E-state index contributed by atoms with van der Waals surface area (Å²) < 4.78 is 0. The zero-order valence-corrected chi connectivity index (χ0v) is 15.4. The van der Waals surface area contributed by atoms with Crippen LogP contribution < -0.4 is 0 Å². The average Bonchev–Trinajstić information content (AvgIpc) is 2.71. The SMILES string of the molecule is CC(C)c1cc2ccc3ccc4ccc5ccc6ccc1c1c6c5c4c3c21. The minimum Gasteiger partial charge on any atom is -0.0587 e. The lowest BCUT2D eigenvalue weighted by atomic mass is 9.80. The van der Waals surface area contributed by atoms with Crippen molar-refractivity contribution in [2.24, 2.45) is 0 Å². The zero-order chi connectivity index (χ0) is 17.9. The summed E-state index contributed by atoms with van der Waals surface area (Å²) in [5.74, 6) is 0.509. The van der Waals surface area contributed by atoms with E-state index in [-0.39, 0.29) is 0 Å². The lowest BCUT2D eigenvalue weighted by molar-refractivity contribution is 0.878. The molecule has 0 heteroatoms. The van der Waals surface area contributed by atoms with Gasteiger partial charge in [0.25, 0.3) is 0 Å². The molecule has 0 saturated heterocycles. The highest BCUT2D eigenvalue weighted by Crippen LogP contribution is 2.49. The van der Waals surface area contributed by atoms with Crippen LogP contribution in [0.1, 0.15) is 25.3 Å². The summed E-state index contributed by atoms with van der Waals surface area (Å²) in [5.41, 5.74) is 1.46. The molecular weight excluding hydrogens is 324 g/mol. The van der Waals surface area contributed by atoms with E-state index in [4.69, 9.17) is 0 Å². The quantitative estimate of drug-likeness (QED) is 0.209. The lowest BCUT2D eigenvalue weighted by Crippen LogP contribution is -1.96. The molecule has 0 nitrogen and oxygen atoms in total. The number of rotatable bonds is 1. The van der Waals surface area contributed by atoms with E-state index >= 15 is 0 Å². The highest BCUT2D eigenvalue weighted by molar-refractivity contribution is 6.44. The highest BCUT2D eigenvalue weighted by Gasteiger charge is 2.21. The fourth-order valence-corrected chi connectivity index (χ4v) is 5.49. The molecule has 7 aromatic carbocycles. The maximum absolute atomic E-state index is 2.43. The first kappa shape index (κ1) is 14.0. The molecule has 0 aliphatic carbocycles. The fraction of sp³-hybridized carbons (Fsp3) is 0.111. The van der Waals surface area contributed by atoms with Gasteiger partial charge in [0, 0.05) is 0 Å². The molecule has 0 amide bonds. The van der Waals surface area contributed by atoms with Gasteiger partial charge in [-0.25, -0.2) is 0 Å². The molecular formula is C27H18. The molecule has 0 aliphatic rings. The van der Waals surface area contributed by atoms with Crippen LogP contribution in [0.25, 0.3) is 64.6 Å². The van der Waals surface area contributed by atoms with Crippen molar-refractivity contribution in [3.63, 3.8) is 0 Å². The Morgan fingerprint density at radius 1 is 0.444 bits per heavy atom. The molecule has 0 atom stereocenters. The summed E-state index contributed by atoms with van der Waals surface area (Å²) in [6.45, 7) is 4.62. The van der Waals surface area contributed by atoms with E-state index in [0.29, 0.717) is 5.92 Å². The number of hydrogen-bond acceptors (Lipinski definition) is 0. The van der Waals surface area contributed by atoms with Crippen LogP contribution in [0.3, 0.4) is 0 Å². The molecule has 0 spiro atoms. The summed E-state index contributed by atoms with van der Waals surface area (Å²) >= 11 is 0. The van der Waals surface area contributed by atoms with E-state index in [0.717, 1.165) is 0 Å². The molecule has 0 heterocycles. The van der Waals surface area contributed by atoms with Gasteiger partial charge in [0.1, 0.15) is 0 Å². The zero-order valence-electron chi connectivity index (χ0n) is 15.4. The van der Waals surface area contributed by atoms with Gasteiger partial charge in [-0.2, -0.15) is 0 Å². The summed E-state index contributed by atoms with van der Waals surface area (Å²) in [6, 6.07) is 25.5. The molecule has 0 unspecified atom stereocenters. The van der Waals surface area contributed by atoms with Crippen LogP contribution in [-0.4, -0.2) is 0 Å². The van der Waals surface area contributed by atoms with Crippen LogP contribution in [-0.2, 0) is 0 Å². The Hall–Kier alpha value is -3.12. The Labute approximate surface area is 157 Å². The highest BCUT2D eigenvalue weighted by atomic mass is 14.2. The van der Waals surface area contributed by atoms with Crippen molar-refractivity contribution in [3.8, 4) is 0 Å². The first-order valence-electron chi connectivity index (χ1n) is 9.82.